The fraction of sp³-hybridized carbons (Fsp3) is 0.118. The molecule has 4 rings (SSSR count). The third kappa shape index (κ3) is 2.59. The molecule has 4 aromatic rings. The number of alkyl halides is 3. The largest absolute Gasteiger partial charge is 0.433 e. The molecule has 132 valence electrons. The molecule has 0 bridgehead atoms. The van der Waals surface area contributed by atoms with E-state index in [0.29, 0.717) is 22.2 Å². The molecule has 3 heterocycles. The van der Waals surface area contributed by atoms with Crippen molar-refractivity contribution in [2.75, 3.05) is 0 Å². The highest BCUT2D eigenvalue weighted by molar-refractivity contribution is 9.10. The zero-order valence-electron chi connectivity index (χ0n) is 13.3. The van der Waals surface area contributed by atoms with Crippen LogP contribution < -0.4 is 5.56 Å². The van der Waals surface area contributed by atoms with E-state index < -0.39 is 11.9 Å². The Hall–Kier alpha value is -2.68. The minimum atomic E-state index is -4.54. The average Bonchev–Trinajstić information content (AvgIpc) is 3.05. The topological polar surface area (TPSA) is 52.2 Å². The van der Waals surface area contributed by atoms with E-state index in [1.165, 1.54) is 10.6 Å². The van der Waals surface area contributed by atoms with E-state index in [1.807, 2.05) is 0 Å². The zero-order valence-corrected chi connectivity index (χ0v) is 14.8. The van der Waals surface area contributed by atoms with E-state index in [0.717, 1.165) is 16.7 Å². The van der Waals surface area contributed by atoms with E-state index in [2.05, 4.69) is 26.0 Å². The summed E-state index contributed by atoms with van der Waals surface area (Å²) in [5.74, 6) is 0. The average molecular weight is 423 g/mol. The molecule has 0 spiro atoms. The Morgan fingerprint density at radius 2 is 1.88 bits per heavy atom. The number of halogens is 4. The smallest absolute Gasteiger partial charge is 0.296 e. The molecule has 0 aliphatic heterocycles. The molecule has 9 heteroatoms. The highest BCUT2D eigenvalue weighted by Crippen LogP contribution is 2.30. The van der Waals surface area contributed by atoms with Crippen molar-refractivity contribution in [1.82, 2.24) is 19.2 Å². The highest BCUT2D eigenvalue weighted by atomic mass is 79.9. The Balaban J connectivity index is 2.02. The second kappa shape index (κ2) is 5.66. The maximum Gasteiger partial charge on any atom is 0.433 e. The molecule has 0 unspecified atom stereocenters. The van der Waals surface area contributed by atoms with Crippen molar-refractivity contribution in [1.29, 1.82) is 0 Å². The lowest BCUT2D eigenvalue weighted by Crippen LogP contribution is -2.19. The van der Waals surface area contributed by atoms with Gasteiger partial charge in [-0.1, -0.05) is 15.9 Å². The molecule has 0 aliphatic carbocycles. The van der Waals surface area contributed by atoms with Crippen LogP contribution in [0.3, 0.4) is 0 Å². The van der Waals surface area contributed by atoms with Crippen molar-refractivity contribution < 1.29 is 13.2 Å². The van der Waals surface area contributed by atoms with Gasteiger partial charge in [0, 0.05) is 29.3 Å². The van der Waals surface area contributed by atoms with Gasteiger partial charge in [0.1, 0.15) is 11.3 Å². The van der Waals surface area contributed by atoms with Crippen LogP contribution in [0.25, 0.3) is 27.8 Å². The number of nitrogens with zero attached hydrogens (tertiary/aromatic N) is 4. The summed E-state index contributed by atoms with van der Waals surface area (Å²) in [6, 6.07) is 9.14. The lowest BCUT2D eigenvalue weighted by molar-refractivity contribution is -0.141. The van der Waals surface area contributed by atoms with Gasteiger partial charge < -0.3 is 0 Å². The minimum absolute atomic E-state index is 0.211. The van der Waals surface area contributed by atoms with Gasteiger partial charge in [-0.2, -0.15) is 18.3 Å². The summed E-state index contributed by atoms with van der Waals surface area (Å²) in [6.45, 7) is 0. The Morgan fingerprint density at radius 3 is 2.62 bits per heavy atom. The molecule has 0 aliphatic rings. The first-order chi connectivity index (χ1) is 12.3. The van der Waals surface area contributed by atoms with Crippen LogP contribution in [-0.2, 0) is 13.2 Å². The number of rotatable bonds is 1. The van der Waals surface area contributed by atoms with Crippen LogP contribution in [0.2, 0.25) is 0 Å². The van der Waals surface area contributed by atoms with Crippen molar-refractivity contribution in [2.45, 2.75) is 6.18 Å². The summed E-state index contributed by atoms with van der Waals surface area (Å²) in [5.41, 5.74) is 0.424. The molecule has 0 amide bonds. The van der Waals surface area contributed by atoms with E-state index in [-0.39, 0.29) is 11.1 Å². The van der Waals surface area contributed by atoms with Crippen molar-refractivity contribution in [3.05, 3.63) is 63.1 Å². The Labute approximate surface area is 152 Å². The third-order valence-electron chi connectivity index (χ3n) is 4.10. The summed E-state index contributed by atoms with van der Waals surface area (Å²) < 4.78 is 42.5. The lowest BCUT2D eigenvalue weighted by Gasteiger charge is -2.06. The zero-order chi connectivity index (χ0) is 18.6. The van der Waals surface area contributed by atoms with E-state index in [9.17, 15) is 18.0 Å². The first-order valence-electron chi connectivity index (χ1n) is 7.47. The summed E-state index contributed by atoms with van der Waals surface area (Å²) in [7, 11) is 1.60. The van der Waals surface area contributed by atoms with Gasteiger partial charge >= 0.3 is 6.18 Å². The summed E-state index contributed by atoms with van der Waals surface area (Å²) in [5, 5.41) is 4.88. The molecule has 0 saturated carbocycles. The number of fused-ring (bicyclic) bond motifs is 3. The maximum atomic E-state index is 12.9. The van der Waals surface area contributed by atoms with Crippen LogP contribution >= 0.6 is 15.9 Å². The number of benzene rings is 1. The van der Waals surface area contributed by atoms with Gasteiger partial charge in [0.25, 0.3) is 5.56 Å². The number of aryl methyl sites for hydroxylation is 1. The molecular weight excluding hydrogens is 413 g/mol. The Kier molecular flexibility index (Phi) is 3.65. The van der Waals surface area contributed by atoms with Crippen molar-refractivity contribution >= 4 is 32.5 Å². The monoisotopic (exact) mass is 422 g/mol. The van der Waals surface area contributed by atoms with Gasteiger partial charge in [-0.05, 0) is 30.3 Å². The predicted molar refractivity (Wildman–Crippen MR) is 93.9 cm³/mol. The number of aromatic nitrogens is 4. The van der Waals surface area contributed by atoms with Crippen molar-refractivity contribution in [3.8, 4) is 11.3 Å². The Morgan fingerprint density at radius 1 is 1.12 bits per heavy atom. The second-order valence-corrected chi connectivity index (χ2v) is 6.67. The lowest BCUT2D eigenvalue weighted by atomic mass is 10.1. The van der Waals surface area contributed by atoms with Gasteiger partial charge in [-0.25, -0.2) is 4.52 Å². The van der Waals surface area contributed by atoms with Crippen LogP contribution in [-0.4, -0.2) is 19.2 Å². The van der Waals surface area contributed by atoms with Gasteiger partial charge in [-0.15, -0.1) is 0 Å². The number of pyridine rings is 1. The molecule has 26 heavy (non-hydrogen) atoms. The van der Waals surface area contributed by atoms with Crippen molar-refractivity contribution in [2.24, 2.45) is 7.05 Å². The van der Waals surface area contributed by atoms with E-state index in [4.69, 9.17) is 0 Å². The summed E-state index contributed by atoms with van der Waals surface area (Å²) >= 11 is 3.36. The highest BCUT2D eigenvalue weighted by Gasteiger charge is 2.32. The van der Waals surface area contributed by atoms with Gasteiger partial charge in [0.05, 0.1) is 16.6 Å². The fourth-order valence-corrected chi connectivity index (χ4v) is 3.17. The minimum Gasteiger partial charge on any atom is -0.296 e. The molecule has 0 saturated heterocycles. The molecule has 5 nitrogen and oxygen atoms in total. The molecule has 0 atom stereocenters. The van der Waals surface area contributed by atoms with Gasteiger partial charge in [-0.3, -0.25) is 14.3 Å². The first-order valence-corrected chi connectivity index (χ1v) is 8.26. The molecule has 0 radical (unpaired) electrons. The molecule has 0 N–H and O–H groups in total. The second-order valence-electron chi connectivity index (χ2n) is 5.75. The fourth-order valence-electron chi connectivity index (χ4n) is 2.82. The van der Waals surface area contributed by atoms with Crippen LogP contribution in [0.15, 0.2) is 51.9 Å². The SMILES string of the molecule is Cn1c(=O)c2ccc(Br)cc2n2nc(-c3ccnc(C(F)(F)F)c3)cc12. The van der Waals surface area contributed by atoms with Crippen LogP contribution in [0.4, 0.5) is 13.2 Å². The van der Waals surface area contributed by atoms with Gasteiger partial charge in [0.2, 0.25) is 0 Å². The standard InChI is InChI=1S/C17H10BrF3N4O/c1-24-15-8-12(9-4-5-22-14(6-9)17(19,20)21)23-25(15)13-7-10(18)2-3-11(13)16(24)26/h2-8H,1H3. The quantitative estimate of drug-likeness (QED) is 0.465. The van der Waals surface area contributed by atoms with Gasteiger partial charge in [0.15, 0.2) is 0 Å². The van der Waals surface area contributed by atoms with Crippen LogP contribution in [0.5, 0.6) is 0 Å². The number of hydrogen-bond donors (Lipinski definition) is 0. The summed E-state index contributed by atoms with van der Waals surface area (Å²) in [4.78, 5) is 15.9. The molecule has 1 aromatic carbocycles. The third-order valence-corrected chi connectivity index (χ3v) is 4.60. The maximum absolute atomic E-state index is 12.9. The van der Waals surface area contributed by atoms with E-state index >= 15 is 0 Å². The van der Waals surface area contributed by atoms with Crippen LogP contribution in [0, 0.1) is 0 Å². The summed E-state index contributed by atoms with van der Waals surface area (Å²) in [6.07, 6.45) is -3.45. The normalized spacial score (nSPS) is 12.2. The van der Waals surface area contributed by atoms with Crippen molar-refractivity contribution in [3.63, 3.8) is 0 Å². The number of hydrogen-bond acceptors (Lipinski definition) is 3. The van der Waals surface area contributed by atoms with E-state index in [1.54, 1.807) is 35.8 Å². The predicted octanol–water partition coefficient (Wildman–Crippen LogP) is 4.03. The van der Waals surface area contributed by atoms with Crippen LogP contribution in [0.1, 0.15) is 5.69 Å². The Bertz CT molecular complexity index is 1230. The molecule has 0 fully saturated rings. The molecule has 3 aromatic heterocycles. The molecular formula is C17H10BrF3N4O. The first kappa shape index (κ1) is 16.8.